The van der Waals surface area contributed by atoms with Crippen molar-refractivity contribution in [3.63, 3.8) is 0 Å². The third-order valence-electron chi connectivity index (χ3n) is 2.36. The molecule has 0 unspecified atom stereocenters. The maximum Gasteiger partial charge on any atom is 0.307 e. The van der Waals surface area contributed by atoms with E-state index in [-0.39, 0.29) is 6.42 Å². The maximum absolute atomic E-state index is 10.2. The highest BCUT2D eigenvalue weighted by Crippen LogP contribution is 2.10. The van der Waals surface area contributed by atoms with Crippen LogP contribution in [-0.4, -0.2) is 11.1 Å². The predicted octanol–water partition coefficient (Wildman–Crippen LogP) is 4.01. The molecule has 0 atom stereocenters. The van der Waals surface area contributed by atoms with Crippen molar-refractivity contribution in [2.24, 2.45) is 5.92 Å². The predicted molar refractivity (Wildman–Crippen MR) is 63.9 cm³/mol. The molecule has 0 aromatic carbocycles. The molecule has 0 bridgehead atoms. The van der Waals surface area contributed by atoms with Gasteiger partial charge in [-0.3, -0.25) is 4.79 Å². The molecule has 1 N–H and O–H groups in total. The summed E-state index contributed by atoms with van der Waals surface area (Å²) in [5, 5.41) is 8.39. The van der Waals surface area contributed by atoms with Crippen molar-refractivity contribution < 1.29 is 9.90 Å². The molecule has 0 rings (SSSR count). The summed E-state index contributed by atoms with van der Waals surface area (Å²) in [5.41, 5.74) is 0. The second kappa shape index (κ2) is 9.75. The van der Waals surface area contributed by atoms with Gasteiger partial charge in [-0.25, -0.2) is 0 Å². The van der Waals surface area contributed by atoms with Gasteiger partial charge in [0.2, 0.25) is 0 Å². The van der Waals surface area contributed by atoms with Gasteiger partial charge in [-0.2, -0.15) is 0 Å². The Morgan fingerprint density at radius 2 is 1.80 bits per heavy atom. The van der Waals surface area contributed by atoms with E-state index in [2.05, 4.69) is 13.8 Å². The minimum absolute atomic E-state index is 0.160. The summed E-state index contributed by atoms with van der Waals surface area (Å²) in [6, 6.07) is 0. The van der Waals surface area contributed by atoms with E-state index in [1.807, 2.05) is 6.08 Å². The van der Waals surface area contributed by atoms with E-state index in [1.54, 1.807) is 6.08 Å². The van der Waals surface area contributed by atoms with Crippen LogP contribution in [0.5, 0.6) is 0 Å². The average molecular weight is 212 g/mol. The molecule has 2 nitrogen and oxygen atoms in total. The molecule has 0 radical (unpaired) electrons. The monoisotopic (exact) mass is 212 g/mol. The van der Waals surface area contributed by atoms with Crippen LogP contribution in [0.3, 0.4) is 0 Å². The van der Waals surface area contributed by atoms with Gasteiger partial charge in [0.05, 0.1) is 6.42 Å². The molecule has 0 fully saturated rings. The average Bonchev–Trinajstić information content (AvgIpc) is 2.14. The van der Waals surface area contributed by atoms with Crippen molar-refractivity contribution >= 4 is 5.97 Å². The first-order chi connectivity index (χ1) is 7.13. The van der Waals surface area contributed by atoms with Crippen molar-refractivity contribution in [1.82, 2.24) is 0 Å². The summed E-state index contributed by atoms with van der Waals surface area (Å²) < 4.78 is 0. The van der Waals surface area contributed by atoms with Crippen molar-refractivity contribution in [3.8, 4) is 0 Å². The zero-order chi connectivity index (χ0) is 11.5. The molecular weight excluding hydrogens is 188 g/mol. The molecular formula is C13H24O2. The lowest BCUT2D eigenvalue weighted by Gasteiger charge is -2.02. The third kappa shape index (κ3) is 13.2. The fourth-order valence-electron chi connectivity index (χ4n) is 1.47. The molecule has 0 heterocycles. The molecule has 0 saturated carbocycles. The van der Waals surface area contributed by atoms with Gasteiger partial charge in [0.1, 0.15) is 0 Å². The number of rotatable bonds is 9. The number of carboxylic acid groups (broad SMARTS) is 1. The van der Waals surface area contributed by atoms with E-state index >= 15 is 0 Å². The number of allylic oxidation sites excluding steroid dienone is 1. The van der Waals surface area contributed by atoms with Gasteiger partial charge >= 0.3 is 5.97 Å². The van der Waals surface area contributed by atoms with Crippen molar-refractivity contribution in [2.45, 2.75) is 58.8 Å². The van der Waals surface area contributed by atoms with Crippen LogP contribution >= 0.6 is 0 Å². The molecule has 0 aromatic rings. The molecule has 15 heavy (non-hydrogen) atoms. The van der Waals surface area contributed by atoms with E-state index in [1.165, 1.54) is 32.1 Å². The highest BCUT2D eigenvalue weighted by atomic mass is 16.4. The second-order valence-corrected chi connectivity index (χ2v) is 4.45. The Balaban J connectivity index is 3.11. The van der Waals surface area contributed by atoms with Gasteiger partial charge in [0, 0.05) is 0 Å². The Kier molecular flexibility index (Phi) is 9.24. The zero-order valence-electron chi connectivity index (χ0n) is 10.0. The third-order valence-corrected chi connectivity index (χ3v) is 2.36. The van der Waals surface area contributed by atoms with Gasteiger partial charge in [-0.1, -0.05) is 51.7 Å². The van der Waals surface area contributed by atoms with Crippen molar-refractivity contribution in [3.05, 3.63) is 12.2 Å². The summed E-state index contributed by atoms with van der Waals surface area (Å²) in [5.74, 6) is 0.0728. The first kappa shape index (κ1) is 14.2. The van der Waals surface area contributed by atoms with Gasteiger partial charge in [0.15, 0.2) is 0 Å². The standard InChI is InChI=1S/C13H24O2/c1-12(2)10-8-6-4-3-5-7-9-11-13(14)15/h7,9,12H,3-6,8,10-11H2,1-2H3,(H,14,15). The molecule has 0 amide bonds. The molecule has 0 aliphatic carbocycles. The van der Waals surface area contributed by atoms with E-state index in [9.17, 15) is 4.79 Å². The lowest BCUT2D eigenvalue weighted by atomic mass is 10.0. The minimum atomic E-state index is -0.747. The van der Waals surface area contributed by atoms with Crippen molar-refractivity contribution in [2.75, 3.05) is 0 Å². The summed E-state index contributed by atoms with van der Waals surface area (Å²) in [6.07, 6.45) is 11.3. The SMILES string of the molecule is CC(C)CCCCCCC=CCC(=O)O. The number of aliphatic carboxylic acids is 1. The number of carboxylic acids is 1. The molecule has 2 heteroatoms. The van der Waals surface area contributed by atoms with Crippen LogP contribution < -0.4 is 0 Å². The maximum atomic E-state index is 10.2. The largest absolute Gasteiger partial charge is 0.481 e. The fourth-order valence-corrected chi connectivity index (χ4v) is 1.47. The smallest absolute Gasteiger partial charge is 0.307 e. The number of hydrogen-bond donors (Lipinski definition) is 1. The molecule has 88 valence electrons. The summed E-state index contributed by atoms with van der Waals surface area (Å²) in [4.78, 5) is 10.2. The Bertz CT molecular complexity index is 183. The van der Waals surface area contributed by atoms with Gasteiger partial charge in [-0.15, -0.1) is 0 Å². The van der Waals surface area contributed by atoms with E-state index in [0.29, 0.717) is 0 Å². The normalized spacial score (nSPS) is 11.4. The van der Waals surface area contributed by atoms with Crippen LogP contribution in [0.2, 0.25) is 0 Å². The lowest BCUT2D eigenvalue weighted by molar-refractivity contribution is -0.136. The number of carbonyl (C=O) groups is 1. The molecule has 0 aliphatic rings. The quantitative estimate of drug-likeness (QED) is 0.463. The van der Waals surface area contributed by atoms with Crippen LogP contribution in [0.4, 0.5) is 0 Å². The van der Waals surface area contributed by atoms with E-state index in [0.717, 1.165) is 12.3 Å². The highest BCUT2D eigenvalue weighted by molar-refractivity contribution is 5.68. The van der Waals surface area contributed by atoms with Crippen LogP contribution in [0, 0.1) is 5.92 Å². The topological polar surface area (TPSA) is 37.3 Å². The van der Waals surface area contributed by atoms with Gasteiger partial charge < -0.3 is 5.11 Å². The van der Waals surface area contributed by atoms with Crippen LogP contribution in [0.25, 0.3) is 0 Å². The van der Waals surface area contributed by atoms with Crippen molar-refractivity contribution in [1.29, 1.82) is 0 Å². The van der Waals surface area contributed by atoms with Gasteiger partial charge in [0.25, 0.3) is 0 Å². The Labute approximate surface area is 93.4 Å². The molecule has 0 aromatic heterocycles. The first-order valence-corrected chi connectivity index (χ1v) is 5.99. The molecule has 0 aliphatic heterocycles. The fraction of sp³-hybridized carbons (Fsp3) is 0.769. The van der Waals surface area contributed by atoms with Crippen LogP contribution in [0.1, 0.15) is 58.8 Å². The Morgan fingerprint density at radius 3 is 2.40 bits per heavy atom. The van der Waals surface area contributed by atoms with E-state index < -0.39 is 5.97 Å². The van der Waals surface area contributed by atoms with E-state index in [4.69, 9.17) is 5.11 Å². The Morgan fingerprint density at radius 1 is 1.13 bits per heavy atom. The van der Waals surface area contributed by atoms with Crippen LogP contribution in [0.15, 0.2) is 12.2 Å². The number of unbranched alkanes of at least 4 members (excludes halogenated alkanes) is 4. The minimum Gasteiger partial charge on any atom is -0.481 e. The summed E-state index contributed by atoms with van der Waals surface area (Å²) in [6.45, 7) is 4.52. The van der Waals surface area contributed by atoms with Gasteiger partial charge in [-0.05, 0) is 18.8 Å². The number of hydrogen-bond acceptors (Lipinski definition) is 1. The summed E-state index contributed by atoms with van der Waals surface area (Å²) >= 11 is 0. The summed E-state index contributed by atoms with van der Waals surface area (Å²) in [7, 11) is 0. The molecule has 0 saturated heterocycles. The molecule has 0 spiro atoms. The highest BCUT2D eigenvalue weighted by Gasteiger charge is 1.94. The van der Waals surface area contributed by atoms with Crippen LogP contribution in [-0.2, 0) is 4.79 Å². The zero-order valence-corrected chi connectivity index (χ0v) is 10.0. The Hall–Kier alpha value is -0.790. The second-order valence-electron chi connectivity index (χ2n) is 4.45. The first-order valence-electron chi connectivity index (χ1n) is 5.99. The lowest BCUT2D eigenvalue weighted by Crippen LogP contribution is -1.89.